The lowest BCUT2D eigenvalue weighted by Crippen LogP contribution is -2.46. The van der Waals surface area contributed by atoms with E-state index in [0.29, 0.717) is 31.5 Å². The third kappa shape index (κ3) is 5.66. The highest BCUT2D eigenvalue weighted by Crippen LogP contribution is 2.31. The quantitative estimate of drug-likeness (QED) is 0.807. The zero-order valence-corrected chi connectivity index (χ0v) is 13.2. The lowest BCUT2D eigenvalue weighted by Gasteiger charge is -2.34. The summed E-state index contributed by atoms with van der Waals surface area (Å²) in [6.45, 7) is 1.50. The third-order valence-electron chi connectivity index (χ3n) is 4.19. The second-order valence-electron chi connectivity index (χ2n) is 6.18. The van der Waals surface area contributed by atoms with Crippen LogP contribution in [0.4, 0.5) is 26.3 Å². The van der Waals surface area contributed by atoms with Crippen molar-refractivity contribution in [3.8, 4) is 0 Å². The van der Waals surface area contributed by atoms with Gasteiger partial charge in [-0.25, -0.2) is 0 Å². The van der Waals surface area contributed by atoms with E-state index < -0.39 is 24.5 Å². The Bertz CT molecular complexity index is 532. The molecule has 0 bridgehead atoms. The van der Waals surface area contributed by atoms with E-state index in [2.05, 4.69) is 5.32 Å². The van der Waals surface area contributed by atoms with Gasteiger partial charge >= 0.3 is 12.4 Å². The van der Waals surface area contributed by atoms with Gasteiger partial charge in [-0.1, -0.05) is 12.1 Å². The Kier molecular flexibility index (Phi) is 5.80. The number of nitrogens with zero attached hydrogens (tertiary/aromatic N) is 1. The van der Waals surface area contributed by atoms with E-state index in [1.165, 1.54) is 11.0 Å². The Labute approximate surface area is 136 Å². The number of alkyl halides is 6. The largest absolute Gasteiger partial charge is 0.416 e. The minimum absolute atomic E-state index is 0.000901. The monoisotopic (exact) mass is 354 g/mol. The molecule has 0 aromatic heterocycles. The van der Waals surface area contributed by atoms with Gasteiger partial charge < -0.3 is 5.32 Å². The second-order valence-corrected chi connectivity index (χ2v) is 6.18. The fourth-order valence-corrected chi connectivity index (χ4v) is 2.95. The molecule has 1 atom stereocenters. The molecule has 8 heteroatoms. The molecule has 0 radical (unpaired) electrons. The van der Waals surface area contributed by atoms with Crippen molar-refractivity contribution >= 4 is 0 Å². The van der Waals surface area contributed by atoms with Gasteiger partial charge in [0.2, 0.25) is 0 Å². The molecular weight excluding hydrogens is 334 g/mol. The molecule has 1 N–H and O–H groups in total. The lowest BCUT2D eigenvalue weighted by molar-refractivity contribution is -0.148. The Morgan fingerprint density at radius 2 is 1.75 bits per heavy atom. The second kappa shape index (κ2) is 7.31. The molecule has 2 nitrogen and oxygen atoms in total. The number of rotatable bonds is 4. The Balaban J connectivity index is 1.89. The lowest BCUT2D eigenvalue weighted by atomic mass is 10.0. The molecular formula is C16H20F6N2. The molecule has 2 rings (SSSR count). The van der Waals surface area contributed by atoms with Crippen LogP contribution in [-0.4, -0.2) is 36.8 Å². The van der Waals surface area contributed by atoms with Crippen molar-refractivity contribution in [2.45, 2.75) is 44.2 Å². The van der Waals surface area contributed by atoms with Crippen LogP contribution in [0.3, 0.4) is 0 Å². The van der Waals surface area contributed by atoms with Gasteiger partial charge in [0.25, 0.3) is 0 Å². The minimum atomic E-state index is -4.39. The maximum absolute atomic E-state index is 12.8. The molecule has 1 aromatic rings. The fraction of sp³-hybridized carbons (Fsp3) is 0.625. The summed E-state index contributed by atoms with van der Waals surface area (Å²) in [4.78, 5) is 1.35. The third-order valence-corrected chi connectivity index (χ3v) is 4.19. The van der Waals surface area contributed by atoms with E-state index in [4.69, 9.17) is 0 Å². The molecule has 136 valence electrons. The first kappa shape index (κ1) is 19.1. The Morgan fingerprint density at radius 1 is 1.12 bits per heavy atom. The predicted octanol–water partition coefficient (Wildman–Crippen LogP) is 4.38. The Hall–Kier alpha value is -1.28. The number of benzene rings is 1. The van der Waals surface area contributed by atoms with Crippen LogP contribution in [0.25, 0.3) is 0 Å². The summed E-state index contributed by atoms with van der Waals surface area (Å²) in [5.41, 5.74) is -0.184. The predicted molar refractivity (Wildman–Crippen MR) is 78.5 cm³/mol. The molecule has 0 spiro atoms. The van der Waals surface area contributed by atoms with Gasteiger partial charge in [-0.2, -0.15) is 26.3 Å². The van der Waals surface area contributed by atoms with E-state index in [9.17, 15) is 26.3 Å². The molecule has 1 fully saturated rings. The molecule has 1 aliphatic rings. The summed E-state index contributed by atoms with van der Waals surface area (Å²) in [7, 11) is 0. The smallest absolute Gasteiger partial charge is 0.307 e. The van der Waals surface area contributed by atoms with Crippen LogP contribution in [0.15, 0.2) is 24.3 Å². The van der Waals surface area contributed by atoms with E-state index in [1.807, 2.05) is 0 Å². The first-order chi connectivity index (χ1) is 11.0. The highest BCUT2D eigenvalue weighted by molar-refractivity contribution is 5.27. The molecule has 0 amide bonds. The summed E-state index contributed by atoms with van der Waals surface area (Å²) in [6.07, 6.45) is -7.51. The van der Waals surface area contributed by atoms with Crippen molar-refractivity contribution in [1.82, 2.24) is 10.2 Å². The summed E-state index contributed by atoms with van der Waals surface area (Å²) in [5.74, 6) is 0. The van der Waals surface area contributed by atoms with Crippen molar-refractivity contribution < 1.29 is 26.3 Å². The van der Waals surface area contributed by atoms with E-state index in [-0.39, 0.29) is 12.1 Å². The van der Waals surface area contributed by atoms with Gasteiger partial charge in [0.1, 0.15) is 0 Å². The van der Waals surface area contributed by atoms with Crippen molar-refractivity contribution in [3.05, 3.63) is 35.4 Å². The highest BCUT2D eigenvalue weighted by Gasteiger charge is 2.33. The molecule has 1 aromatic carbocycles. The fourth-order valence-electron chi connectivity index (χ4n) is 2.95. The summed E-state index contributed by atoms with van der Waals surface area (Å²) < 4.78 is 75.3. The average Bonchev–Trinajstić information content (AvgIpc) is 2.47. The molecule has 0 aliphatic carbocycles. The zero-order chi connectivity index (χ0) is 18.0. The first-order valence-electron chi connectivity index (χ1n) is 7.77. The minimum Gasteiger partial charge on any atom is -0.307 e. The molecule has 1 heterocycles. The molecule has 1 aliphatic heterocycles. The normalized spacial score (nSPS) is 19.5. The number of piperidine rings is 1. The van der Waals surface area contributed by atoms with E-state index >= 15 is 0 Å². The van der Waals surface area contributed by atoms with Gasteiger partial charge in [0.05, 0.1) is 12.1 Å². The Morgan fingerprint density at radius 3 is 2.29 bits per heavy atom. The average molecular weight is 354 g/mol. The van der Waals surface area contributed by atoms with Crippen LogP contribution >= 0.6 is 0 Å². The van der Waals surface area contributed by atoms with Crippen molar-refractivity contribution in [2.24, 2.45) is 0 Å². The van der Waals surface area contributed by atoms with E-state index in [0.717, 1.165) is 12.1 Å². The van der Waals surface area contributed by atoms with Crippen molar-refractivity contribution in [3.63, 3.8) is 0 Å². The first-order valence-corrected chi connectivity index (χ1v) is 7.77. The summed E-state index contributed by atoms with van der Waals surface area (Å²) >= 11 is 0. The highest BCUT2D eigenvalue weighted by atomic mass is 19.4. The number of nitrogens with one attached hydrogen (secondary N) is 1. The van der Waals surface area contributed by atoms with Gasteiger partial charge in [0, 0.05) is 12.1 Å². The maximum atomic E-state index is 12.8. The van der Waals surface area contributed by atoms with Gasteiger partial charge in [-0.15, -0.1) is 0 Å². The van der Waals surface area contributed by atoms with Crippen LogP contribution in [0, 0.1) is 0 Å². The summed E-state index contributed by atoms with van der Waals surface area (Å²) in [5, 5.41) is 3.22. The zero-order valence-electron chi connectivity index (χ0n) is 13.2. The summed E-state index contributed by atoms with van der Waals surface area (Å²) in [6, 6.07) is 4.81. The molecule has 24 heavy (non-hydrogen) atoms. The number of hydrogen-bond donors (Lipinski definition) is 1. The number of likely N-dealkylation sites (tertiary alicyclic amines) is 1. The standard InChI is InChI=1S/C16H20F6N2/c1-11(12-3-2-4-13(9-12)16(20,21)22)23-14-5-7-24(8-6-14)10-15(17,18)19/h2-4,9,11,14,23H,5-8,10H2,1H3. The number of hydrogen-bond acceptors (Lipinski definition) is 2. The molecule has 1 saturated heterocycles. The van der Waals surface area contributed by atoms with Crippen molar-refractivity contribution in [1.29, 1.82) is 0 Å². The maximum Gasteiger partial charge on any atom is 0.416 e. The van der Waals surface area contributed by atoms with Gasteiger partial charge in [-0.05, 0) is 50.6 Å². The van der Waals surface area contributed by atoms with Crippen LogP contribution in [0.2, 0.25) is 0 Å². The number of halogens is 6. The van der Waals surface area contributed by atoms with Crippen LogP contribution in [0.5, 0.6) is 0 Å². The van der Waals surface area contributed by atoms with E-state index in [1.54, 1.807) is 13.0 Å². The van der Waals surface area contributed by atoms with Crippen LogP contribution in [0.1, 0.15) is 36.9 Å². The molecule has 1 unspecified atom stereocenters. The van der Waals surface area contributed by atoms with Crippen LogP contribution < -0.4 is 5.32 Å². The SMILES string of the molecule is CC(NC1CCN(CC(F)(F)F)CC1)c1cccc(C(F)(F)F)c1. The van der Waals surface area contributed by atoms with Crippen molar-refractivity contribution in [2.75, 3.05) is 19.6 Å². The van der Waals surface area contributed by atoms with Crippen LogP contribution in [-0.2, 0) is 6.18 Å². The topological polar surface area (TPSA) is 15.3 Å². The van der Waals surface area contributed by atoms with Gasteiger partial charge in [-0.3, -0.25) is 4.90 Å². The van der Waals surface area contributed by atoms with Gasteiger partial charge in [0.15, 0.2) is 0 Å². The molecule has 0 saturated carbocycles.